The molecular formula is C29H28O6S. The monoisotopic (exact) mass is 504 g/mol. The van der Waals surface area contributed by atoms with Crippen LogP contribution in [-0.4, -0.2) is 20.4 Å². The lowest BCUT2D eigenvalue weighted by atomic mass is 10.00. The van der Waals surface area contributed by atoms with Crippen LogP contribution in [0.25, 0.3) is 0 Å². The number of aryl methyl sites for hydroxylation is 2. The van der Waals surface area contributed by atoms with Gasteiger partial charge in [0.25, 0.3) is 0 Å². The second-order valence-electron chi connectivity index (χ2n) is 9.02. The lowest BCUT2D eigenvalue weighted by Gasteiger charge is -2.17. The molecule has 0 fully saturated rings. The lowest BCUT2D eigenvalue weighted by Crippen LogP contribution is -2.13. The number of rotatable bonds is 6. The average Bonchev–Trinajstić information content (AvgIpc) is 2.86. The van der Waals surface area contributed by atoms with Crippen molar-refractivity contribution in [2.75, 3.05) is 0 Å². The van der Waals surface area contributed by atoms with Crippen molar-refractivity contribution in [2.45, 2.75) is 51.3 Å². The highest BCUT2D eigenvalue weighted by Crippen LogP contribution is 2.30. The van der Waals surface area contributed by atoms with Gasteiger partial charge in [-0.1, -0.05) is 23.8 Å². The Morgan fingerprint density at radius 2 is 1.47 bits per heavy atom. The van der Waals surface area contributed by atoms with Crippen LogP contribution in [0.4, 0.5) is 0 Å². The minimum Gasteiger partial charge on any atom is -0.428 e. The number of sulfone groups is 1. The Hall–Kier alpha value is -3.71. The van der Waals surface area contributed by atoms with Crippen LogP contribution < -0.4 is 4.74 Å². The van der Waals surface area contributed by atoms with Crippen molar-refractivity contribution in [1.29, 1.82) is 0 Å². The Bertz CT molecular complexity index is 1440. The molecule has 0 spiro atoms. The minimum absolute atomic E-state index is 0.100. The van der Waals surface area contributed by atoms with Crippen molar-refractivity contribution in [3.63, 3.8) is 0 Å². The molecule has 0 heterocycles. The number of carbonyl (C=O) groups excluding carboxylic acids is 2. The van der Waals surface area contributed by atoms with Crippen LogP contribution in [-0.2, 0) is 19.4 Å². The van der Waals surface area contributed by atoms with E-state index in [1.54, 1.807) is 24.3 Å². The molecule has 0 radical (unpaired) electrons. The topological polar surface area (TPSA) is 86.7 Å². The average molecular weight is 505 g/mol. The lowest BCUT2D eigenvalue weighted by molar-refractivity contribution is -0.135. The number of carbonyl (C=O) groups is 2. The minimum atomic E-state index is -3.73. The molecule has 0 saturated heterocycles. The van der Waals surface area contributed by atoms with Gasteiger partial charge < -0.3 is 9.47 Å². The standard InChI is InChI=1S/C29H28O6S/c1-19-4-7-22(8-5-19)28(30)34-24-10-14-26(15-11-24)36(32,33)27-16-12-25(13-17-27)35-29(31)23-9-6-20(2)21(3)18-23/h4,6-7,9-10,12-14,16-18H,5,8,11,15H2,1-3H3. The van der Waals surface area contributed by atoms with E-state index in [1.165, 1.54) is 35.9 Å². The number of esters is 2. The maximum atomic E-state index is 13.1. The van der Waals surface area contributed by atoms with E-state index >= 15 is 0 Å². The van der Waals surface area contributed by atoms with Gasteiger partial charge in [0.2, 0.25) is 9.84 Å². The third-order valence-electron chi connectivity index (χ3n) is 6.35. The summed E-state index contributed by atoms with van der Waals surface area (Å²) in [5, 5.41) is 0. The summed E-state index contributed by atoms with van der Waals surface area (Å²) in [6.07, 6.45) is 8.71. The highest BCUT2D eigenvalue weighted by atomic mass is 32.2. The number of allylic oxidation sites excluding steroid dienone is 7. The van der Waals surface area contributed by atoms with Crippen molar-refractivity contribution >= 4 is 21.8 Å². The van der Waals surface area contributed by atoms with Gasteiger partial charge in [0, 0.05) is 16.9 Å². The molecule has 0 amide bonds. The first-order chi connectivity index (χ1) is 17.1. The smallest absolute Gasteiger partial charge is 0.343 e. The molecule has 0 aromatic heterocycles. The van der Waals surface area contributed by atoms with Gasteiger partial charge in [-0.2, -0.15) is 0 Å². The first-order valence-electron chi connectivity index (χ1n) is 11.8. The van der Waals surface area contributed by atoms with Crippen molar-refractivity contribution < 1.29 is 27.5 Å². The van der Waals surface area contributed by atoms with Gasteiger partial charge in [-0.3, -0.25) is 0 Å². The predicted octanol–water partition coefficient (Wildman–Crippen LogP) is 6.07. The summed E-state index contributed by atoms with van der Waals surface area (Å²) in [4.78, 5) is 25.1. The summed E-state index contributed by atoms with van der Waals surface area (Å²) < 4.78 is 37.1. The van der Waals surface area contributed by atoms with Crippen molar-refractivity contribution in [3.05, 3.63) is 105 Å². The Balaban J connectivity index is 1.42. The van der Waals surface area contributed by atoms with E-state index in [-0.39, 0.29) is 22.0 Å². The van der Waals surface area contributed by atoms with Crippen LogP contribution in [0, 0.1) is 13.8 Å². The van der Waals surface area contributed by atoms with E-state index in [0.717, 1.165) is 17.5 Å². The van der Waals surface area contributed by atoms with Crippen LogP contribution >= 0.6 is 0 Å². The van der Waals surface area contributed by atoms with E-state index in [1.807, 2.05) is 32.9 Å². The van der Waals surface area contributed by atoms with Gasteiger partial charge in [0.05, 0.1) is 10.5 Å². The van der Waals surface area contributed by atoms with Crippen LogP contribution in [0.15, 0.2) is 93.5 Å². The van der Waals surface area contributed by atoms with Crippen LogP contribution in [0.5, 0.6) is 5.75 Å². The molecule has 7 heteroatoms. The molecule has 2 aromatic carbocycles. The summed E-state index contributed by atoms with van der Waals surface area (Å²) in [5.41, 5.74) is 4.32. The summed E-state index contributed by atoms with van der Waals surface area (Å²) in [5.74, 6) is -0.202. The van der Waals surface area contributed by atoms with Crippen LogP contribution in [0.2, 0.25) is 0 Å². The molecule has 0 aliphatic heterocycles. The quantitative estimate of drug-likeness (QED) is 0.351. The zero-order chi connectivity index (χ0) is 25.9. The van der Waals surface area contributed by atoms with Gasteiger partial charge in [-0.25, -0.2) is 18.0 Å². The zero-order valence-corrected chi connectivity index (χ0v) is 21.4. The van der Waals surface area contributed by atoms with Gasteiger partial charge in [-0.05, 0) is 99.7 Å². The highest BCUT2D eigenvalue weighted by molar-refractivity contribution is 7.95. The van der Waals surface area contributed by atoms with E-state index < -0.39 is 21.8 Å². The van der Waals surface area contributed by atoms with Crippen molar-refractivity contribution in [2.24, 2.45) is 0 Å². The predicted molar refractivity (Wildman–Crippen MR) is 137 cm³/mol. The molecule has 36 heavy (non-hydrogen) atoms. The maximum Gasteiger partial charge on any atom is 0.343 e. The first kappa shape index (κ1) is 25.4. The van der Waals surface area contributed by atoms with Crippen molar-refractivity contribution in [1.82, 2.24) is 0 Å². The van der Waals surface area contributed by atoms with Gasteiger partial charge in [0.1, 0.15) is 11.5 Å². The fourth-order valence-corrected chi connectivity index (χ4v) is 5.29. The number of hydrogen-bond acceptors (Lipinski definition) is 6. The van der Waals surface area contributed by atoms with Gasteiger partial charge in [-0.15, -0.1) is 0 Å². The molecule has 0 N–H and O–H groups in total. The summed E-state index contributed by atoms with van der Waals surface area (Å²) in [6.45, 7) is 5.89. The van der Waals surface area contributed by atoms with E-state index in [9.17, 15) is 18.0 Å². The molecular weight excluding hydrogens is 476 g/mol. The second kappa shape index (κ2) is 10.5. The third-order valence-corrected chi connectivity index (χ3v) is 8.27. The largest absolute Gasteiger partial charge is 0.428 e. The molecule has 186 valence electrons. The molecule has 4 rings (SSSR count). The third kappa shape index (κ3) is 5.74. The molecule has 0 unspecified atom stereocenters. The number of ether oxygens (including phenoxy) is 2. The SMILES string of the molecule is CC1=CC=C(C(=O)OC2=CC=C(S(=O)(=O)c3ccc(OC(=O)c4ccc(C)c(C)c4)cc3)CC2)CC1. The zero-order valence-electron chi connectivity index (χ0n) is 20.5. The first-order valence-corrected chi connectivity index (χ1v) is 13.2. The second-order valence-corrected chi connectivity index (χ2v) is 11.0. The molecule has 6 nitrogen and oxygen atoms in total. The fourth-order valence-electron chi connectivity index (χ4n) is 3.88. The summed E-state index contributed by atoms with van der Waals surface area (Å²) in [7, 11) is -3.73. The van der Waals surface area contributed by atoms with Crippen LogP contribution in [0.3, 0.4) is 0 Å². The Morgan fingerprint density at radius 3 is 2.08 bits per heavy atom. The Morgan fingerprint density at radius 1 is 0.722 bits per heavy atom. The van der Waals surface area contributed by atoms with Gasteiger partial charge >= 0.3 is 11.9 Å². The molecule has 0 atom stereocenters. The Labute approximate surface area is 211 Å². The maximum absolute atomic E-state index is 13.1. The fraction of sp³-hybridized carbons (Fsp3) is 0.241. The number of hydrogen-bond donors (Lipinski definition) is 0. The Kier molecular flexibility index (Phi) is 7.40. The van der Waals surface area contributed by atoms with E-state index in [4.69, 9.17) is 9.47 Å². The van der Waals surface area contributed by atoms with Gasteiger partial charge in [0.15, 0.2) is 0 Å². The molecule has 2 aliphatic rings. The van der Waals surface area contributed by atoms with E-state index in [0.29, 0.717) is 29.7 Å². The molecule has 0 bridgehead atoms. The normalized spacial score (nSPS) is 15.8. The van der Waals surface area contributed by atoms with E-state index in [2.05, 4.69) is 0 Å². The molecule has 2 aromatic rings. The molecule has 2 aliphatic carbocycles. The number of benzene rings is 2. The van der Waals surface area contributed by atoms with Crippen molar-refractivity contribution in [3.8, 4) is 5.75 Å². The van der Waals surface area contributed by atoms with Crippen LogP contribution in [0.1, 0.15) is 54.1 Å². The summed E-state index contributed by atoms with van der Waals surface area (Å²) in [6, 6.07) is 11.1. The highest BCUT2D eigenvalue weighted by Gasteiger charge is 2.24. The molecule has 0 saturated carbocycles. The summed E-state index contributed by atoms with van der Waals surface area (Å²) >= 11 is 0.